The molecule has 6 nitrogen and oxygen atoms in total. The van der Waals surface area contributed by atoms with Crippen LogP contribution in [0, 0.1) is 5.41 Å². The largest absolute Gasteiger partial charge is 0.375 e. The van der Waals surface area contributed by atoms with E-state index in [1.54, 1.807) is 17.2 Å². The second-order valence-electron chi connectivity index (χ2n) is 4.84. The van der Waals surface area contributed by atoms with Crippen LogP contribution in [0.4, 0.5) is 5.13 Å². The maximum absolute atomic E-state index is 12.0. The third kappa shape index (κ3) is 2.45. The van der Waals surface area contributed by atoms with Crippen LogP contribution in [0.1, 0.15) is 19.0 Å². The zero-order valence-corrected chi connectivity index (χ0v) is 11.0. The first-order chi connectivity index (χ1) is 8.40. The minimum Gasteiger partial charge on any atom is -0.375 e. The number of carbonyl (C=O) groups is 2. The topological polar surface area (TPSA) is 102 Å². The first kappa shape index (κ1) is 12.8. The number of primary amides is 1. The van der Waals surface area contributed by atoms with Gasteiger partial charge >= 0.3 is 0 Å². The summed E-state index contributed by atoms with van der Waals surface area (Å²) in [5.41, 5.74) is 10.9. The number of carbonyl (C=O) groups excluding carboxylic acids is 2. The molecule has 1 aromatic rings. The molecule has 2 amide bonds. The van der Waals surface area contributed by atoms with E-state index in [1.165, 1.54) is 11.3 Å². The van der Waals surface area contributed by atoms with E-state index in [4.69, 9.17) is 11.5 Å². The lowest BCUT2D eigenvalue weighted by Crippen LogP contribution is -2.39. The molecular formula is C11H16N4O2S. The van der Waals surface area contributed by atoms with Crippen LogP contribution in [-0.4, -0.2) is 34.8 Å². The van der Waals surface area contributed by atoms with Gasteiger partial charge in [-0.2, -0.15) is 0 Å². The van der Waals surface area contributed by atoms with Crippen LogP contribution in [-0.2, 0) is 16.0 Å². The molecule has 1 aromatic heterocycles. The molecule has 1 aliphatic heterocycles. The van der Waals surface area contributed by atoms with Crippen LogP contribution in [0.5, 0.6) is 0 Å². The van der Waals surface area contributed by atoms with Gasteiger partial charge in [-0.25, -0.2) is 4.98 Å². The van der Waals surface area contributed by atoms with Gasteiger partial charge in [-0.1, -0.05) is 0 Å². The number of anilines is 1. The van der Waals surface area contributed by atoms with Crippen LogP contribution in [0.3, 0.4) is 0 Å². The Kier molecular flexibility index (Phi) is 3.25. The fourth-order valence-corrected chi connectivity index (χ4v) is 2.61. The normalized spacial score (nSPS) is 23.3. The number of aromatic nitrogens is 1. The molecule has 0 saturated carbocycles. The second kappa shape index (κ2) is 4.56. The smallest absolute Gasteiger partial charge is 0.228 e. The molecule has 0 bridgehead atoms. The number of thiazole rings is 1. The quantitative estimate of drug-likeness (QED) is 0.805. The highest BCUT2D eigenvalue weighted by atomic mass is 32.1. The van der Waals surface area contributed by atoms with E-state index in [0.717, 1.165) is 0 Å². The van der Waals surface area contributed by atoms with Crippen molar-refractivity contribution < 1.29 is 9.59 Å². The third-order valence-electron chi connectivity index (χ3n) is 3.32. The number of hydrogen-bond acceptors (Lipinski definition) is 5. The van der Waals surface area contributed by atoms with Gasteiger partial charge in [0.15, 0.2) is 5.13 Å². The number of rotatable bonds is 3. The lowest BCUT2D eigenvalue weighted by molar-refractivity contribution is -0.131. The summed E-state index contributed by atoms with van der Waals surface area (Å²) in [4.78, 5) is 29.1. The number of hydrogen-bond donors (Lipinski definition) is 2. The van der Waals surface area contributed by atoms with Crippen molar-refractivity contribution in [2.75, 3.05) is 18.8 Å². The van der Waals surface area contributed by atoms with Crippen molar-refractivity contribution in [3.8, 4) is 0 Å². The molecule has 1 atom stereocenters. The average molecular weight is 268 g/mol. The summed E-state index contributed by atoms with van der Waals surface area (Å²) in [5.74, 6) is -0.388. The Morgan fingerprint density at radius 1 is 1.61 bits per heavy atom. The van der Waals surface area contributed by atoms with Gasteiger partial charge in [0, 0.05) is 18.5 Å². The van der Waals surface area contributed by atoms with Gasteiger partial charge in [-0.3, -0.25) is 9.59 Å². The van der Waals surface area contributed by atoms with E-state index in [-0.39, 0.29) is 18.2 Å². The van der Waals surface area contributed by atoms with E-state index < -0.39 is 5.41 Å². The minimum absolute atomic E-state index is 0.0368. The molecule has 1 saturated heterocycles. The van der Waals surface area contributed by atoms with E-state index in [0.29, 0.717) is 30.3 Å². The molecule has 7 heteroatoms. The zero-order chi connectivity index (χ0) is 13.3. The van der Waals surface area contributed by atoms with Crippen molar-refractivity contribution in [2.24, 2.45) is 11.1 Å². The molecule has 0 aromatic carbocycles. The Hall–Kier alpha value is -1.63. The van der Waals surface area contributed by atoms with Crippen molar-refractivity contribution in [1.29, 1.82) is 0 Å². The Labute approximate surface area is 109 Å². The van der Waals surface area contributed by atoms with Crippen molar-refractivity contribution in [3.63, 3.8) is 0 Å². The summed E-state index contributed by atoms with van der Waals surface area (Å²) in [6.45, 7) is 2.75. The highest BCUT2D eigenvalue weighted by Crippen LogP contribution is 2.29. The fraction of sp³-hybridized carbons (Fsp3) is 0.545. The molecule has 1 unspecified atom stereocenters. The van der Waals surface area contributed by atoms with Gasteiger partial charge < -0.3 is 16.4 Å². The van der Waals surface area contributed by atoms with Crippen LogP contribution in [0.2, 0.25) is 0 Å². The average Bonchev–Trinajstić information content (AvgIpc) is 2.86. The van der Waals surface area contributed by atoms with Gasteiger partial charge in [0.05, 0.1) is 17.5 Å². The summed E-state index contributed by atoms with van der Waals surface area (Å²) in [7, 11) is 0. The SMILES string of the molecule is CC1(C(N)=O)CCN(C(=O)Cc2csc(N)n2)C1. The molecule has 2 rings (SSSR count). The van der Waals surface area contributed by atoms with Crippen LogP contribution < -0.4 is 11.5 Å². The standard InChI is InChI=1S/C11H16N4O2S/c1-11(9(12)17)2-3-15(6-11)8(16)4-7-5-18-10(13)14-7/h5H,2-4,6H2,1H3,(H2,12,17)(H2,13,14). The van der Waals surface area contributed by atoms with Crippen LogP contribution in [0.25, 0.3) is 0 Å². The van der Waals surface area contributed by atoms with Gasteiger partial charge in [-0.15, -0.1) is 11.3 Å². The number of nitrogens with two attached hydrogens (primary N) is 2. The van der Waals surface area contributed by atoms with E-state index in [1.807, 2.05) is 0 Å². The van der Waals surface area contributed by atoms with Crippen molar-refractivity contribution >= 4 is 28.3 Å². The summed E-state index contributed by atoms with van der Waals surface area (Å²) in [6.07, 6.45) is 0.843. The van der Waals surface area contributed by atoms with Gasteiger partial charge in [0.2, 0.25) is 11.8 Å². The molecule has 1 aliphatic rings. The third-order valence-corrected chi connectivity index (χ3v) is 4.05. The monoisotopic (exact) mass is 268 g/mol. The predicted molar refractivity (Wildman–Crippen MR) is 68.7 cm³/mol. The van der Waals surface area contributed by atoms with E-state index in [2.05, 4.69) is 4.98 Å². The van der Waals surface area contributed by atoms with Crippen LogP contribution in [0.15, 0.2) is 5.38 Å². The highest BCUT2D eigenvalue weighted by molar-refractivity contribution is 7.13. The molecule has 1 fully saturated rings. The first-order valence-electron chi connectivity index (χ1n) is 5.68. The fourth-order valence-electron chi connectivity index (χ4n) is 2.05. The Balaban J connectivity index is 1.98. The summed E-state index contributed by atoms with van der Waals surface area (Å²) in [5, 5.41) is 2.23. The molecule has 98 valence electrons. The van der Waals surface area contributed by atoms with Crippen LogP contribution >= 0.6 is 11.3 Å². The maximum atomic E-state index is 12.0. The number of nitrogens with zero attached hydrogens (tertiary/aromatic N) is 2. The van der Waals surface area contributed by atoms with Gasteiger partial charge in [0.1, 0.15) is 0 Å². The van der Waals surface area contributed by atoms with Gasteiger partial charge in [-0.05, 0) is 13.3 Å². The molecular weight excluding hydrogens is 252 g/mol. The molecule has 4 N–H and O–H groups in total. The molecule has 2 heterocycles. The first-order valence-corrected chi connectivity index (χ1v) is 6.56. The molecule has 0 aliphatic carbocycles. The number of likely N-dealkylation sites (tertiary alicyclic amines) is 1. The summed E-state index contributed by atoms with van der Waals surface area (Å²) >= 11 is 1.32. The predicted octanol–water partition coefficient (Wildman–Crippen LogP) is -0.00830. The Morgan fingerprint density at radius 3 is 2.83 bits per heavy atom. The molecule has 0 radical (unpaired) electrons. The van der Waals surface area contributed by atoms with Crippen molar-refractivity contribution in [1.82, 2.24) is 9.88 Å². The lowest BCUT2D eigenvalue weighted by Gasteiger charge is -2.20. The van der Waals surface area contributed by atoms with Gasteiger partial charge in [0.25, 0.3) is 0 Å². The van der Waals surface area contributed by atoms with E-state index in [9.17, 15) is 9.59 Å². The Bertz CT molecular complexity index is 487. The highest BCUT2D eigenvalue weighted by Gasteiger charge is 2.40. The summed E-state index contributed by atoms with van der Waals surface area (Å²) in [6, 6.07) is 0. The zero-order valence-electron chi connectivity index (χ0n) is 10.2. The molecule has 0 spiro atoms. The maximum Gasteiger partial charge on any atom is 0.228 e. The summed E-state index contributed by atoms with van der Waals surface area (Å²) < 4.78 is 0. The molecule has 18 heavy (non-hydrogen) atoms. The van der Waals surface area contributed by atoms with Crippen molar-refractivity contribution in [3.05, 3.63) is 11.1 Å². The number of amides is 2. The van der Waals surface area contributed by atoms with E-state index >= 15 is 0 Å². The second-order valence-corrected chi connectivity index (χ2v) is 5.73. The lowest BCUT2D eigenvalue weighted by atomic mass is 9.89. The number of nitrogen functional groups attached to an aromatic ring is 1. The van der Waals surface area contributed by atoms with Crippen molar-refractivity contribution in [2.45, 2.75) is 19.8 Å². The minimum atomic E-state index is -0.600. The Morgan fingerprint density at radius 2 is 2.33 bits per heavy atom.